The van der Waals surface area contributed by atoms with Crippen LogP contribution in [0.25, 0.3) is 0 Å². The largest absolute Gasteiger partial charge is 0.370 e. The van der Waals surface area contributed by atoms with Gasteiger partial charge < -0.3 is 15.4 Å². The van der Waals surface area contributed by atoms with E-state index in [9.17, 15) is 4.79 Å². The summed E-state index contributed by atoms with van der Waals surface area (Å²) in [6.07, 6.45) is 6.15. The van der Waals surface area contributed by atoms with Gasteiger partial charge in [0.1, 0.15) is 0 Å². The summed E-state index contributed by atoms with van der Waals surface area (Å²) in [6, 6.07) is 13.9. The van der Waals surface area contributed by atoms with E-state index in [2.05, 4.69) is 32.7 Å². The molecule has 2 amide bonds. The summed E-state index contributed by atoms with van der Waals surface area (Å²) in [6.45, 7) is 2.46. The molecule has 0 saturated carbocycles. The third kappa shape index (κ3) is 4.03. The van der Waals surface area contributed by atoms with Crippen LogP contribution in [-0.2, 0) is 11.3 Å². The van der Waals surface area contributed by atoms with Crippen LogP contribution < -0.4 is 10.6 Å². The van der Waals surface area contributed by atoms with Crippen LogP contribution in [0.2, 0.25) is 0 Å². The highest BCUT2D eigenvalue weighted by Crippen LogP contribution is 2.33. The van der Waals surface area contributed by atoms with Gasteiger partial charge in [-0.3, -0.25) is 9.88 Å². The average Bonchev–Trinajstić information content (AvgIpc) is 2.66. The summed E-state index contributed by atoms with van der Waals surface area (Å²) in [4.78, 5) is 18.5. The maximum atomic E-state index is 12.0. The smallest absolute Gasteiger partial charge is 0.319 e. The Bertz CT molecular complexity index is 725. The Hall–Kier alpha value is -2.44. The van der Waals surface area contributed by atoms with Crippen molar-refractivity contribution in [1.82, 2.24) is 15.2 Å². The molecule has 0 spiro atoms. The summed E-state index contributed by atoms with van der Waals surface area (Å²) in [7, 11) is 0. The lowest BCUT2D eigenvalue weighted by molar-refractivity contribution is -0.168. The molecule has 1 aromatic heterocycles. The zero-order valence-electron chi connectivity index (χ0n) is 14.7. The van der Waals surface area contributed by atoms with E-state index in [1.54, 1.807) is 0 Å². The highest BCUT2D eigenvalue weighted by atomic mass is 16.5. The Morgan fingerprint density at radius 1 is 1.15 bits per heavy atom. The predicted octanol–water partition coefficient (Wildman–Crippen LogP) is 2.64. The minimum absolute atomic E-state index is 0.0980. The highest BCUT2D eigenvalue weighted by molar-refractivity contribution is 5.89. The SMILES string of the molecule is O=C(NC[C@@H]1CC[C@@H]2[C@@H](CN2Cc2ccncc2)O1)Nc1ccccc1. The van der Waals surface area contributed by atoms with Gasteiger partial charge in [-0.1, -0.05) is 18.2 Å². The first kappa shape index (κ1) is 17.0. The van der Waals surface area contributed by atoms with Crippen molar-refractivity contribution < 1.29 is 9.53 Å². The Morgan fingerprint density at radius 3 is 2.73 bits per heavy atom. The molecule has 0 aliphatic carbocycles. The van der Waals surface area contributed by atoms with Crippen LogP contribution in [0.15, 0.2) is 54.9 Å². The number of likely N-dealkylation sites (tertiary alicyclic amines) is 1. The molecule has 1 aromatic carbocycles. The van der Waals surface area contributed by atoms with Crippen LogP contribution in [-0.4, -0.2) is 47.3 Å². The van der Waals surface area contributed by atoms with Gasteiger partial charge in [0, 0.05) is 43.8 Å². The summed E-state index contributed by atoms with van der Waals surface area (Å²) >= 11 is 0. The minimum Gasteiger partial charge on any atom is -0.370 e. The molecule has 2 aromatic rings. The molecular formula is C20H24N4O2. The molecule has 6 nitrogen and oxygen atoms in total. The van der Waals surface area contributed by atoms with Gasteiger partial charge in [-0.15, -0.1) is 0 Å². The van der Waals surface area contributed by atoms with Crippen LogP contribution in [0.3, 0.4) is 0 Å². The van der Waals surface area contributed by atoms with Crippen LogP contribution in [0.4, 0.5) is 10.5 Å². The first-order chi connectivity index (χ1) is 12.8. The van der Waals surface area contributed by atoms with Crippen molar-refractivity contribution >= 4 is 11.7 Å². The number of pyridine rings is 1. The van der Waals surface area contributed by atoms with E-state index in [-0.39, 0.29) is 18.2 Å². The maximum absolute atomic E-state index is 12.0. The summed E-state index contributed by atoms with van der Waals surface area (Å²) in [5, 5.41) is 5.75. The second-order valence-electron chi connectivity index (χ2n) is 6.93. The van der Waals surface area contributed by atoms with Gasteiger partial charge in [-0.05, 0) is 42.7 Å². The number of carbonyl (C=O) groups is 1. The molecule has 4 rings (SSSR count). The number of hydrogen-bond donors (Lipinski definition) is 2. The van der Waals surface area contributed by atoms with Crippen molar-refractivity contribution in [1.29, 1.82) is 0 Å². The van der Waals surface area contributed by atoms with Crippen LogP contribution in [0.1, 0.15) is 18.4 Å². The van der Waals surface area contributed by atoms with E-state index in [0.717, 1.165) is 31.6 Å². The molecule has 0 unspecified atom stereocenters. The molecule has 3 heterocycles. The van der Waals surface area contributed by atoms with Crippen molar-refractivity contribution in [2.45, 2.75) is 37.6 Å². The lowest BCUT2D eigenvalue weighted by Gasteiger charge is -2.52. The number of fused-ring (bicyclic) bond motifs is 1. The molecule has 2 N–H and O–H groups in total. The van der Waals surface area contributed by atoms with E-state index < -0.39 is 0 Å². The Balaban J connectivity index is 1.19. The van der Waals surface area contributed by atoms with E-state index in [0.29, 0.717) is 12.6 Å². The number of para-hydroxylation sites is 1. The molecule has 136 valence electrons. The minimum atomic E-state index is -0.185. The summed E-state index contributed by atoms with van der Waals surface area (Å²) in [5.74, 6) is 0. The second-order valence-corrected chi connectivity index (χ2v) is 6.93. The maximum Gasteiger partial charge on any atom is 0.319 e. The van der Waals surface area contributed by atoms with E-state index in [1.165, 1.54) is 5.56 Å². The van der Waals surface area contributed by atoms with Crippen molar-refractivity contribution in [3.8, 4) is 0 Å². The summed E-state index contributed by atoms with van der Waals surface area (Å²) < 4.78 is 6.16. The number of urea groups is 1. The number of nitrogens with zero attached hydrogens (tertiary/aromatic N) is 2. The third-order valence-electron chi connectivity index (χ3n) is 5.12. The van der Waals surface area contributed by atoms with Crippen LogP contribution >= 0.6 is 0 Å². The lowest BCUT2D eigenvalue weighted by Crippen LogP contribution is -2.64. The van der Waals surface area contributed by atoms with E-state index in [1.807, 2.05) is 42.7 Å². The van der Waals surface area contributed by atoms with Crippen molar-refractivity contribution in [3.63, 3.8) is 0 Å². The fourth-order valence-corrected chi connectivity index (χ4v) is 3.72. The number of carbonyl (C=O) groups excluding carboxylic acids is 1. The Labute approximate surface area is 153 Å². The number of rotatable bonds is 5. The molecule has 2 aliphatic heterocycles. The van der Waals surface area contributed by atoms with Gasteiger partial charge in [0.2, 0.25) is 0 Å². The van der Waals surface area contributed by atoms with E-state index in [4.69, 9.17) is 4.74 Å². The predicted molar refractivity (Wildman–Crippen MR) is 99.8 cm³/mol. The molecule has 2 aliphatic rings. The number of nitrogens with one attached hydrogen (secondary N) is 2. The Morgan fingerprint density at radius 2 is 1.96 bits per heavy atom. The number of benzene rings is 1. The fourth-order valence-electron chi connectivity index (χ4n) is 3.72. The summed E-state index contributed by atoms with van der Waals surface area (Å²) in [5.41, 5.74) is 2.08. The fraction of sp³-hybridized carbons (Fsp3) is 0.400. The first-order valence-electron chi connectivity index (χ1n) is 9.16. The number of hydrogen-bond acceptors (Lipinski definition) is 4. The van der Waals surface area contributed by atoms with Crippen LogP contribution in [0.5, 0.6) is 0 Å². The van der Waals surface area contributed by atoms with Gasteiger partial charge in [0.05, 0.1) is 12.2 Å². The zero-order valence-corrected chi connectivity index (χ0v) is 14.7. The molecule has 6 heteroatoms. The first-order valence-corrected chi connectivity index (χ1v) is 9.16. The second kappa shape index (κ2) is 7.85. The molecule has 0 radical (unpaired) electrons. The number of aromatic nitrogens is 1. The van der Waals surface area contributed by atoms with Crippen molar-refractivity contribution in [2.24, 2.45) is 0 Å². The quantitative estimate of drug-likeness (QED) is 0.868. The topological polar surface area (TPSA) is 66.5 Å². The Kier molecular flexibility index (Phi) is 5.13. The standard InChI is InChI=1S/C20H24N4O2/c25-20(23-16-4-2-1-3-5-16)22-12-17-6-7-18-19(26-17)14-24(18)13-15-8-10-21-11-9-15/h1-5,8-11,17-19H,6-7,12-14H2,(H2,22,23,25)/t17-,18+,19+/m0/s1. The van der Waals surface area contributed by atoms with Crippen molar-refractivity contribution in [3.05, 3.63) is 60.4 Å². The molecule has 3 atom stereocenters. The zero-order chi connectivity index (χ0) is 17.8. The van der Waals surface area contributed by atoms with Crippen molar-refractivity contribution in [2.75, 3.05) is 18.4 Å². The van der Waals surface area contributed by atoms with Gasteiger partial charge in [-0.25, -0.2) is 4.79 Å². The molecule has 0 bridgehead atoms. The molecule has 2 saturated heterocycles. The number of amides is 2. The molecule has 26 heavy (non-hydrogen) atoms. The molecular weight excluding hydrogens is 328 g/mol. The highest BCUT2D eigenvalue weighted by Gasteiger charge is 2.43. The monoisotopic (exact) mass is 352 g/mol. The van der Waals surface area contributed by atoms with Gasteiger partial charge >= 0.3 is 6.03 Å². The van der Waals surface area contributed by atoms with Gasteiger partial charge in [0.25, 0.3) is 0 Å². The average molecular weight is 352 g/mol. The van der Waals surface area contributed by atoms with Gasteiger partial charge in [0.15, 0.2) is 0 Å². The lowest BCUT2D eigenvalue weighted by atomic mass is 9.89. The normalized spacial score (nSPS) is 25.0. The van der Waals surface area contributed by atoms with Crippen LogP contribution in [0, 0.1) is 0 Å². The third-order valence-corrected chi connectivity index (χ3v) is 5.12. The molecule has 2 fully saturated rings. The van der Waals surface area contributed by atoms with Gasteiger partial charge in [-0.2, -0.15) is 0 Å². The number of ether oxygens (including phenoxy) is 1. The van der Waals surface area contributed by atoms with E-state index >= 15 is 0 Å². The number of anilines is 1.